The molecule has 2 aromatic rings. The molecule has 2 rings (SSSR count). The van der Waals surface area contributed by atoms with Crippen molar-refractivity contribution in [1.82, 2.24) is 4.72 Å². The van der Waals surface area contributed by atoms with Gasteiger partial charge in [0.1, 0.15) is 10.6 Å². The Morgan fingerprint density at radius 3 is 2.43 bits per heavy atom. The van der Waals surface area contributed by atoms with Crippen molar-refractivity contribution in [3.63, 3.8) is 0 Å². The first-order valence-electron chi connectivity index (χ1n) is 6.38. The Bertz CT molecular complexity index is 699. The fourth-order valence-corrected chi connectivity index (χ4v) is 3.05. The molecule has 6 heteroatoms. The van der Waals surface area contributed by atoms with Gasteiger partial charge < -0.3 is 9.84 Å². The standard InChI is InChI=1S/C15H17NO4S/c1-20-14-9-13(11-17)7-8-15(14)21(18,19)16-10-12-5-3-2-4-6-12/h2-9,16-17H,10-11H2,1H3. The molecule has 2 aromatic carbocycles. The molecule has 21 heavy (non-hydrogen) atoms. The van der Waals surface area contributed by atoms with Crippen molar-refractivity contribution in [2.75, 3.05) is 7.11 Å². The Morgan fingerprint density at radius 1 is 1.10 bits per heavy atom. The minimum Gasteiger partial charge on any atom is -0.495 e. The van der Waals surface area contributed by atoms with Crippen LogP contribution in [0.5, 0.6) is 5.75 Å². The summed E-state index contributed by atoms with van der Waals surface area (Å²) in [5.41, 5.74) is 1.46. The summed E-state index contributed by atoms with van der Waals surface area (Å²) in [6.07, 6.45) is 0. The first-order valence-corrected chi connectivity index (χ1v) is 7.86. The predicted octanol–water partition coefficient (Wildman–Crippen LogP) is 1.67. The van der Waals surface area contributed by atoms with Crippen molar-refractivity contribution in [2.45, 2.75) is 18.0 Å². The number of sulfonamides is 1. The van der Waals surface area contributed by atoms with Crippen LogP contribution in [0.1, 0.15) is 11.1 Å². The lowest BCUT2D eigenvalue weighted by Gasteiger charge is -2.12. The smallest absolute Gasteiger partial charge is 0.244 e. The highest BCUT2D eigenvalue weighted by molar-refractivity contribution is 7.89. The van der Waals surface area contributed by atoms with Crippen LogP contribution >= 0.6 is 0 Å². The van der Waals surface area contributed by atoms with E-state index < -0.39 is 10.0 Å². The van der Waals surface area contributed by atoms with Crippen LogP contribution in [0.3, 0.4) is 0 Å². The van der Waals surface area contributed by atoms with Crippen molar-refractivity contribution in [1.29, 1.82) is 0 Å². The lowest BCUT2D eigenvalue weighted by atomic mass is 10.2. The highest BCUT2D eigenvalue weighted by atomic mass is 32.2. The summed E-state index contributed by atoms with van der Waals surface area (Å²) in [5.74, 6) is 0.210. The van der Waals surface area contributed by atoms with E-state index >= 15 is 0 Å². The van der Waals surface area contributed by atoms with E-state index in [0.717, 1.165) is 5.56 Å². The van der Waals surface area contributed by atoms with E-state index in [9.17, 15) is 8.42 Å². The van der Waals surface area contributed by atoms with Crippen molar-refractivity contribution in [3.05, 3.63) is 59.7 Å². The Morgan fingerprint density at radius 2 is 1.81 bits per heavy atom. The SMILES string of the molecule is COc1cc(CO)ccc1S(=O)(=O)NCc1ccccc1. The van der Waals surface area contributed by atoms with Gasteiger partial charge in [0.15, 0.2) is 0 Å². The number of nitrogens with one attached hydrogen (secondary N) is 1. The van der Waals surface area contributed by atoms with Crippen LogP contribution in [0.15, 0.2) is 53.4 Å². The molecule has 0 bridgehead atoms. The molecule has 0 aliphatic rings. The van der Waals surface area contributed by atoms with Crippen molar-refractivity contribution >= 4 is 10.0 Å². The van der Waals surface area contributed by atoms with Gasteiger partial charge in [-0.15, -0.1) is 0 Å². The van der Waals surface area contributed by atoms with Gasteiger partial charge in [0.2, 0.25) is 10.0 Å². The molecule has 112 valence electrons. The number of methoxy groups -OCH3 is 1. The number of hydrogen-bond acceptors (Lipinski definition) is 4. The maximum atomic E-state index is 12.3. The number of benzene rings is 2. The predicted molar refractivity (Wildman–Crippen MR) is 79.4 cm³/mol. The van der Waals surface area contributed by atoms with Gasteiger partial charge in [-0.1, -0.05) is 36.4 Å². The first-order chi connectivity index (χ1) is 10.1. The molecule has 0 radical (unpaired) electrons. The summed E-state index contributed by atoms with van der Waals surface area (Å²) in [5, 5.41) is 9.08. The summed E-state index contributed by atoms with van der Waals surface area (Å²) >= 11 is 0. The minimum atomic E-state index is -3.68. The molecule has 0 aliphatic heterocycles. The largest absolute Gasteiger partial charge is 0.495 e. The summed E-state index contributed by atoms with van der Waals surface area (Å²) < 4.78 is 32.3. The van der Waals surface area contributed by atoms with Gasteiger partial charge >= 0.3 is 0 Å². The minimum absolute atomic E-state index is 0.0538. The summed E-state index contributed by atoms with van der Waals surface area (Å²) in [7, 11) is -2.29. The fraction of sp³-hybridized carbons (Fsp3) is 0.200. The molecule has 0 atom stereocenters. The first kappa shape index (κ1) is 15.5. The number of hydrogen-bond donors (Lipinski definition) is 2. The molecule has 0 saturated carbocycles. The van der Waals surface area contributed by atoms with Gasteiger partial charge in [0, 0.05) is 6.54 Å². The average Bonchev–Trinajstić information content (AvgIpc) is 2.53. The topological polar surface area (TPSA) is 75.6 Å². The van der Waals surface area contributed by atoms with Gasteiger partial charge in [0.25, 0.3) is 0 Å². The Hall–Kier alpha value is -1.89. The molecule has 0 aromatic heterocycles. The van der Waals surface area contributed by atoms with Gasteiger partial charge in [-0.25, -0.2) is 13.1 Å². The molecule has 2 N–H and O–H groups in total. The molecule has 0 unspecified atom stereocenters. The third kappa shape index (κ3) is 3.81. The molecular weight excluding hydrogens is 290 g/mol. The molecule has 0 fully saturated rings. The fourth-order valence-electron chi connectivity index (χ4n) is 1.88. The van der Waals surface area contributed by atoms with Crippen molar-refractivity contribution < 1.29 is 18.3 Å². The maximum absolute atomic E-state index is 12.3. The molecule has 0 amide bonds. The molecular formula is C15H17NO4S. The Labute approximate surface area is 124 Å². The second-order valence-electron chi connectivity index (χ2n) is 4.45. The highest BCUT2D eigenvalue weighted by Gasteiger charge is 2.19. The van der Waals surface area contributed by atoms with Gasteiger partial charge in [-0.2, -0.15) is 0 Å². The number of aliphatic hydroxyl groups is 1. The van der Waals surface area contributed by atoms with Crippen LogP contribution in [0.25, 0.3) is 0 Å². The average molecular weight is 307 g/mol. The second kappa shape index (κ2) is 6.71. The van der Waals surface area contributed by atoms with Crippen LogP contribution in [0.2, 0.25) is 0 Å². The molecule has 0 aliphatic carbocycles. The van der Waals surface area contributed by atoms with Gasteiger partial charge in [-0.3, -0.25) is 0 Å². The maximum Gasteiger partial charge on any atom is 0.244 e. The van der Waals surface area contributed by atoms with E-state index in [2.05, 4.69) is 4.72 Å². The molecule has 0 saturated heterocycles. The van der Waals surface area contributed by atoms with E-state index in [1.54, 1.807) is 6.07 Å². The Balaban J connectivity index is 2.23. The number of ether oxygens (including phenoxy) is 1. The van der Waals surface area contributed by atoms with E-state index in [0.29, 0.717) is 5.56 Å². The summed E-state index contributed by atoms with van der Waals surface area (Å²) in [6, 6.07) is 13.7. The van der Waals surface area contributed by atoms with Crippen LogP contribution in [0.4, 0.5) is 0 Å². The van der Waals surface area contributed by atoms with Crippen LogP contribution in [0, 0.1) is 0 Å². The van der Waals surface area contributed by atoms with Crippen LogP contribution < -0.4 is 9.46 Å². The number of aliphatic hydroxyl groups excluding tert-OH is 1. The van der Waals surface area contributed by atoms with E-state index in [1.807, 2.05) is 30.3 Å². The normalized spacial score (nSPS) is 11.3. The van der Waals surface area contributed by atoms with E-state index in [1.165, 1.54) is 19.2 Å². The second-order valence-corrected chi connectivity index (χ2v) is 6.19. The lowest BCUT2D eigenvalue weighted by Crippen LogP contribution is -2.23. The Kier molecular flexibility index (Phi) is 4.95. The summed E-state index contributed by atoms with van der Waals surface area (Å²) in [4.78, 5) is 0.0538. The van der Waals surface area contributed by atoms with Gasteiger partial charge in [-0.05, 0) is 23.3 Å². The molecule has 0 spiro atoms. The quantitative estimate of drug-likeness (QED) is 0.851. The van der Waals surface area contributed by atoms with E-state index in [4.69, 9.17) is 9.84 Å². The van der Waals surface area contributed by atoms with Crippen molar-refractivity contribution in [2.24, 2.45) is 0 Å². The third-order valence-corrected chi connectivity index (χ3v) is 4.45. The highest BCUT2D eigenvalue weighted by Crippen LogP contribution is 2.25. The molecule has 5 nitrogen and oxygen atoms in total. The zero-order valence-electron chi connectivity index (χ0n) is 11.6. The van der Waals surface area contributed by atoms with Crippen LogP contribution in [-0.4, -0.2) is 20.6 Å². The molecule has 0 heterocycles. The third-order valence-electron chi connectivity index (χ3n) is 3.01. The zero-order chi connectivity index (χ0) is 15.3. The number of rotatable bonds is 6. The van der Waals surface area contributed by atoms with Crippen LogP contribution in [-0.2, 0) is 23.2 Å². The van der Waals surface area contributed by atoms with Crippen molar-refractivity contribution in [3.8, 4) is 5.75 Å². The summed E-state index contributed by atoms with van der Waals surface area (Å²) in [6.45, 7) is 0.0300. The monoisotopic (exact) mass is 307 g/mol. The van der Waals surface area contributed by atoms with Gasteiger partial charge in [0.05, 0.1) is 13.7 Å². The van der Waals surface area contributed by atoms with E-state index in [-0.39, 0.29) is 23.8 Å². The zero-order valence-corrected chi connectivity index (χ0v) is 12.4. The lowest BCUT2D eigenvalue weighted by molar-refractivity contribution is 0.280.